The first-order chi connectivity index (χ1) is 10.9. The number of H-pyrrole nitrogens is 1. The Morgan fingerprint density at radius 2 is 2.17 bits per heavy atom. The van der Waals surface area contributed by atoms with E-state index in [1.54, 1.807) is 12.3 Å². The highest BCUT2D eigenvalue weighted by atomic mass is 16.3. The molecular formula is C18H23N3O2. The van der Waals surface area contributed by atoms with Crippen molar-refractivity contribution in [3.63, 3.8) is 0 Å². The zero-order chi connectivity index (χ0) is 16.6. The molecule has 0 saturated heterocycles. The highest BCUT2D eigenvalue weighted by Crippen LogP contribution is 2.34. The Kier molecular flexibility index (Phi) is 3.88. The number of aryl methyl sites for hydroxylation is 1. The quantitative estimate of drug-likeness (QED) is 0.743. The maximum absolute atomic E-state index is 12.7. The van der Waals surface area contributed by atoms with Crippen molar-refractivity contribution in [3.8, 4) is 5.75 Å². The minimum Gasteiger partial charge on any atom is -0.506 e. The van der Waals surface area contributed by atoms with Gasteiger partial charge < -0.3 is 10.4 Å². The van der Waals surface area contributed by atoms with E-state index in [4.69, 9.17) is 0 Å². The molecule has 122 valence electrons. The number of carbonyl (C=O) groups excluding carboxylic acids is 1. The Bertz CT molecular complexity index is 728. The maximum atomic E-state index is 12.7. The van der Waals surface area contributed by atoms with Crippen molar-refractivity contribution < 1.29 is 9.90 Å². The zero-order valence-electron chi connectivity index (χ0n) is 13.8. The molecule has 2 aromatic rings. The lowest BCUT2D eigenvalue weighted by Gasteiger charge is -2.23. The molecule has 0 fully saturated rings. The van der Waals surface area contributed by atoms with Gasteiger partial charge in [0.25, 0.3) is 0 Å². The molecule has 1 aromatic carbocycles. The topological polar surface area (TPSA) is 78.0 Å². The summed E-state index contributed by atoms with van der Waals surface area (Å²) in [5.74, 6) is -0.210. The minimum absolute atomic E-state index is 0.0459. The Morgan fingerprint density at radius 3 is 2.91 bits per heavy atom. The molecule has 5 nitrogen and oxygen atoms in total. The van der Waals surface area contributed by atoms with Crippen molar-refractivity contribution in [1.82, 2.24) is 10.2 Å². The minimum atomic E-state index is -0.213. The van der Waals surface area contributed by atoms with Gasteiger partial charge in [0.1, 0.15) is 5.75 Å². The van der Waals surface area contributed by atoms with Crippen LogP contribution in [0.2, 0.25) is 0 Å². The average Bonchev–Trinajstić information content (AvgIpc) is 2.96. The lowest BCUT2D eigenvalue weighted by atomic mass is 9.85. The molecule has 1 atom stereocenters. The largest absolute Gasteiger partial charge is 0.506 e. The molecule has 1 heterocycles. The molecule has 1 aromatic heterocycles. The molecule has 3 N–H and O–H groups in total. The number of fused-ring (bicyclic) bond motifs is 1. The van der Waals surface area contributed by atoms with Gasteiger partial charge in [-0.25, -0.2) is 0 Å². The Balaban J connectivity index is 1.84. The summed E-state index contributed by atoms with van der Waals surface area (Å²) < 4.78 is 0. The predicted octanol–water partition coefficient (Wildman–Crippen LogP) is 3.47. The van der Waals surface area contributed by atoms with Crippen LogP contribution in [0.15, 0.2) is 24.4 Å². The summed E-state index contributed by atoms with van der Waals surface area (Å²) in [5.41, 5.74) is 3.51. The van der Waals surface area contributed by atoms with E-state index < -0.39 is 0 Å². The monoisotopic (exact) mass is 313 g/mol. The Morgan fingerprint density at radius 1 is 1.39 bits per heavy atom. The number of anilines is 1. The van der Waals surface area contributed by atoms with E-state index in [0.717, 1.165) is 36.1 Å². The lowest BCUT2D eigenvalue weighted by molar-refractivity contribution is -0.117. The number of carbonyl (C=O) groups is 1. The first kappa shape index (κ1) is 15.6. The number of benzene rings is 1. The maximum Gasteiger partial charge on any atom is 0.232 e. The highest BCUT2D eigenvalue weighted by molar-refractivity contribution is 5.97. The van der Waals surface area contributed by atoms with Gasteiger partial charge in [0.15, 0.2) is 0 Å². The van der Waals surface area contributed by atoms with Crippen LogP contribution >= 0.6 is 0 Å². The summed E-state index contributed by atoms with van der Waals surface area (Å²) in [6.07, 6.45) is 4.44. The van der Waals surface area contributed by atoms with Crippen LogP contribution in [0.25, 0.3) is 0 Å². The second kappa shape index (κ2) is 5.72. The summed E-state index contributed by atoms with van der Waals surface area (Å²) >= 11 is 0. The molecule has 1 aliphatic carbocycles. The Labute approximate surface area is 136 Å². The number of nitrogens with zero attached hydrogens (tertiary/aromatic N) is 1. The zero-order valence-corrected chi connectivity index (χ0v) is 13.8. The van der Waals surface area contributed by atoms with Gasteiger partial charge in [-0.3, -0.25) is 9.89 Å². The molecule has 0 saturated carbocycles. The van der Waals surface area contributed by atoms with Crippen molar-refractivity contribution in [1.29, 1.82) is 0 Å². The average molecular weight is 313 g/mol. The number of phenols is 1. The van der Waals surface area contributed by atoms with E-state index in [2.05, 4.69) is 36.3 Å². The van der Waals surface area contributed by atoms with Gasteiger partial charge in [0.2, 0.25) is 5.91 Å². The van der Waals surface area contributed by atoms with E-state index in [9.17, 15) is 9.90 Å². The third-order valence-corrected chi connectivity index (χ3v) is 4.48. The van der Waals surface area contributed by atoms with Crippen molar-refractivity contribution in [2.24, 2.45) is 0 Å². The Hall–Kier alpha value is -2.30. The van der Waals surface area contributed by atoms with Crippen LogP contribution < -0.4 is 5.32 Å². The second-order valence-electron chi connectivity index (χ2n) is 7.22. The van der Waals surface area contributed by atoms with Crippen LogP contribution in [0.4, 0.5) is 5.69 Å². The third kappa shape index (κ3) is 3.09. The summed E-state index contributed by atoms with van der Waals surface area (Å²) in [4.78, 5) is 12.7. The lowest BCUT2D eigenvalue weighted by Crippen LogP contribution is -2.24. The van der Waals surface area contributed by atoms with Gasteiger partial charge >= 0.3 is 0 Å². The molecule has 3 rings (SSSR count). The molecule has 0 radical (unpaired) electrons. The first-order valence-electron chi connectivity index (χ1n) is 8.03. The van der Waals surface area contributed by atoms with Crippen molar-refractivity contribution in [2.45, 2.75) is 51.4 Å². The smallest absolute Gasteiger partial charge is 0.232 e. The number of nitrogens with one attached hydrogen (secondary N) is 2. The van der Waals surface area contributed by atoms with Gasteiger partial charge in [-0.15, -0.1) is 0 Å². The van der Waals surface area contributed by atoms with E-state index in [1.165, 1.54) is 0 Å². The fraction of sp³-hybridized carbons (Fsp3) is 0.444. The molecule has 5 heteroatoms. The predicted molar refractivity (Wildman–Crippen MR) is 89.7 cm³/mol. The highest BCUT2D eigenvalue weighted by Gasteiger charge is 2.28. The van der Waals surface area contributed by atoms with Crippen molar-refractivity contribution in [3.05, 3.63) is 41.2 Å². The van der Waals surface area contributed by atoms with Crippen LogP contribution in [-0.2, 0) is 16.6 Å². The molecule has 23 heavy (non-hydrogen) atoms. The second-order valence-corrected chi connectivity index (χ2v) is 7.22. The molecule has 0 unspecified atom stereocenters. The number of amides is 1. The molecule has 1 aliphatic rings. The molecule has 0 aliphatic heterocycles. The molecule has 0 bridgehead atoms. The molecule has 0 spiro atoms. The van der Waals surface area contributed by atoms with Gasteiger partial charge in [-0.1, -0.05) is 26.8 Å². The van der Waals surface area contributed by atoms with E-state index in [1.807, 2.05) is 12.1 Å². The SMILES string of the molecule is CC(C)(C)c1ccc(O)c(NC(=O)[C@@H]2CCCc3[nH]ncc32)c1. The summed E-state index contributed by atoms with van der Waals surface area (Å²) in [6.45, 7) is 6.30. The number of phenolic OH excluding ortho intramolecular Hbond substituents is 1. The van der Waals surface area contributed by atoms with Crippen LogP contribution in [0.5, 0.6) is 5.75 Å². The number of aromatic nitrogens is 2. The fourth-order valence-corrected chi connectivity index (χ4v) is 3.06. The van der Waals surface area contributed by atoms with E-state index in [0.29, 0.717) is 5.69 Å². The van der Waals surface area contributed by atoms with E-state index in [-0.39, 0.29) is 23.0 Å². The fourth-order valence-electron chi connectivity index (χ4n) is 3.06. The van der Waals surface area contributed by atoms with E-state index >= 15 is 0 Å². The van der Waals surface area contributed by atoms with Crippen molar-refractivity contribution in [2.75, 3.05) is 5.32 Å². The van der Waals surface area contributed by atoms with Gasteiger partial charge in [0, 0.05) is 11.3 Å². The number of aromatic hydroxyl groups is 1. The first-order valence-corrected chi connectivity index (χ1v) is 8.03. The van der Waals surface area contributed by atoms with Gasteiger partial charge in [-0.05, 0) is 42.4 Å². The van der Waals surface area contributed by atoms with Crippen LogP contribution in [-0.4, -0.2) is 21.2 Å². The van der Waals surface area contributed by atoms with Crippen molar-refractivity contribution >= 4 is 11.6 Å². The third-order valence-electron chi connectivity index (χ3n) is 4.48. The number of hydrogen-bond donors (Lipinski definition) is 3. The molecular weight excluding hydrogens is 290 g/mol. The standard InChI is InChI=1S/C18H23N3O2/c1-18(2,3)11-7-8-16(22)15(9-11)20-17(23)12-5-4-6-14-13(12)10-19-21-14/h7-10,12,22H,4-6H2,1-3H3,(H,19,21)(H,20,23)/t12-/m1/s1. The van der Waals surface area contributed by atoms with Crippen LogP contribution in [0, 0.1) is 0 Å². The molecule has 1 amide bonds. The summed E-state index contributed by atoms with van der Waals surface area (Å²) in [7, 11) is 0. The van der Waals surface area contributed by atoms with Gasteiger partial charge in [0.05, 0.1) is 17.8 Å². The van der Waals surface area contributed by atoms with Crippen LogP contribution in [0.1, 0.15) is 56.4 Å². The normalized spacial score (nSPS) is 17.6. The number of hydrogen-bond acceptors (Lipinski definition) is 3. The summed E-state index contributed by atoms with van der Waals surface area (Å²) in [6, 6.07) is 5.38. The van der Waals surface area contributed by atoms with Crippen LogP contribution in [0.3, 0.4) is 0 Å². The van der Waals surface area contributed by atoms with Gasteiger partial charge in [-0.2, -0.15) is 5.10 Å². The number of rotatable bonds is 2. The summed E-state index contributed by atoms with van der Waals surface area (Å²) in [5, 5.41) is 20.0. The number of aromatic amines is 1.